The second-order valence-corrected chi connectivity index (χ2v) is 7.57. The van der Waals surface area contributed by atoms with Crippen LogP contribution in [0.15, 0.2) is 53.6 Å². The number of aromatic nitrogens is 4. The van der Waals surface area contributed by atoms with Crippen LogP contribution in [0.3, 0.4) is 0 Å². The van der Waals surface area contributed by atoms with E-state index in [0.29, 0.717) is 17.0 Å². The van der Waals surface area contributed by atoms with Crippen LogP contribution in [0.2, 0.25) is 0 Å². The summed E-state index contributed by atoms with van der Waals surface area (Å²) in [4.78, 5) is 23.7. The molecule has 0 saturated carbocycles. The summed E-state index contributed by atoms with van der Waals surface area (Å²) in [6, 6.07) is 11.8. The molecule has 0 N–H and O–H groups in total. The highest BCUT2D eigenvalue weighted by Gasteiger charge is 2.24. The Morgan fingerprint density at radius 3 is 2.69 bits per heavy atom. The molecule has 7 heteroatoms. The second-order valence-electron chi connectivity index (χ2n) is 7.57. The summed E-state index contributed by atoms with van der Waals surface area (Å²) in [6.45, 7) is 1.57. The molecule has 7 nitrogen and oxygen atoms in total. The molecular formula is C22H23N5O2. The number of aryl methyl sites for hydroxylation is 1. The van der Waals surface area contributed by atoms with Crippen molar-refractivity contribution >= 4 is 27.9 Å². The molecule has 0 spiro atoms. The van der Waals surface area contributed by atoms with E-state index in [1.807, 2.05) is 19.2 Å². The van der Waals surface area contributed by atoms with E-state index < -0.39 is 0 Å². The van der Waals surface area contributed by atoms with Gasteiger partial charge >= 0.3 is 0 Å². The van der Waals surface area contributed by atoms with Crippen molar-refractivity contribution in [2.75, 3.05) is 18.0 Å². The zero-order valence-electron chi connectivity index (χ0n) is 16.6. The van der Waals surface area contributed by atoms with Crippen LogP contribution in [0.5, 0.6) is 5.75 Å². The van der Waals surface area contributed by atoms with Gasteiger partial charge in [0.1, 0.15) is 11.9 Å². The zero-order chi connectivity index (χ0) is 20.0. The van der Waals surface area contributed by atoms with Gasteiger partial charge in [0, 0.05) is 57.8 Å². The molecular weight excluding hydrogens is 366 g/mol. The molecule has 4 aromatic rings. The Bertz CT molecular complexity index is 1250. The zero-order valence-corrected chi connectivity index (χ0v) is 16.6. The normalized spacial score (nSPS) is 15.3. The summed E-state index contributed by atoms with van der Waals surface area (Å²) in [6.07, 6.45) is 5.62. The van der Waals surface area contributed by atoms with Gasteiger partial charge in [-0.25, -0.2) is 4.98 Å². The average Bonchev–Trinajstić information content (AvgIpc) is 3.13. The van der Waals surface area contributed by atoms with Crippen LogP contribution in [0.4, 0.5) is 5.95 Å². The lowest BCUT2D eigenvalue weighted by Crippen LogP contribution is -2.41. The van der Waals surface area contributed by atoms with Gasteiger partial charge in [0.25, 0.3) is 5.56 Å². The van der Waals surface area contributed by atoms with Crippen LogP contribution in [-0.2, 0) is 14.1 Å². The van der Waals surface area contributed by atoms with Crippen LogP contribution < -0.4 is 15.2 Å². The summed E-state index contributed by atoms with van der Waals surface area (Å²) < 4.78 is 10.1. The van der Waals surface area contributed by atoms with Crippen molar-refractivity contribution in [3.63, 3.8) is 0 Å². The average molecular weight is 389 g/mol. The van der Waals surface area contributed by atoms with Gasteiger partial charge in [-0.1, -0.05) is 6.07 Å². The van der Waals surface area contributed by atoms with Crippen LogP contribution >= 0.6 is 0 Å². The predicted molar refractivity (Wildman–Crippen MR) is 114 cm³/mol. The van der Waals surface area contributed by atoms with E-state index in [2.05, 4.69) is 37.8 Å². The fourth-order valence-corrected chi connectivity index (χ4v) is 4.11. The number of fused-ring (bicyclic) bond motifs is 2. The van der Waals surface area contributed by atoms with Crippen molar-refractivity contribution in [3.05, 3.63) is 59.1 Å². The van der Waals surface area contributed by atoms with E-state index in [1.54, 1.807) is 29.9 Å². The lowest BCUT2D eigenvalue weighted by atomic mass is 10.1. The fraction of sp³-hybridized carbons (Fsp3) is 0.318. The SMILES string of the molecule is Cn1c(N2CCC(Oc3cccc4c3ccn4C)CC2)nc2ncccc2c1=O. The molecule has 1 aliphatic rings. The number of anilines is 1. The van der Waals surface area contributed by atoms with Crippen molar-refractivity contribution in [2.45, 2.75) is 18.9 Å². The Kier molecular flexibility index (Phi) is 4.23. The molecule has 3 aromatic heterocycles. The first-order chi connectivity index (χ1) is 14.1. The molecule has 0 aliphatic carbocycles. The summed E-state index contributed by atoms with van der Waals surface area (Å²) >= 11 is 0. The maximum absolute atomic E-state index is 12.7. The first kappa shape index (κ1) is 17.7. The van der Waals surface area contributed by atoms with E-state index in [1.165, 1.54) is 5.52 Å². The highest BCUT2D eigenvalue weighted by atomic mass is 16.5. The Balaban J connectivity index is 1.35. The number of nitrogens with zero attached hydrogens (tertiary/aromatic N) is 5. The number of hydrogen-bond acceptors (Lipinski definition) is 5. The van der Waals surface area contributed by atoms with Gasteiger partial charge in [0.05, 0.1) is 10.9 Å². The minimum Gasteiger partial charge on any atom is -0.490 e. The third kappa shape index (κ3) is 3.03. The van der Waals surface area contributed by atoms with Crippen LogP contribution in [0, 0.1) is 0 Å². The van der Waals surface area contributed by atoms with E-state index in [9.17, 15) is 4.79 Å². The molecule has 0 amide bonds. The van der Waals surface area contributed by atoms with Crippen molar-refractivity contribution < 1.29 is 4.74 Å². The summed E-state index contributed by atoms with van der Waals surface area (Å²) in [5.74, 6) is 1.60. The van der Waals surface area contributed by atoms with Crippen LogP contribution in [0.1, 0.15) is 12.8 Å². The Morgan fingerprint density at radius 2 is 1.86 bits per heavy atom. The lowest BCUT2D eigenvalue weighted by molar-refractivity contribution is 0.172. The molecule has 5 rings (SSSR count). The highest BCUT2D eigenvalue weighted by Crippen LogP contribution is 2.29. The van der Waals surface area contributed by atoms with Gasteiger partial charge in [-0.2, -0.15) is 4.98 Å². The Morgan fingerprint density at radius 1 is 1.03 bits per heavy atom. The molecule has 0 radical (unpaired) electrons. The number of rotatable bonds is 3. The molecule has 1 saturated heterocycles. The van der Waals surface area contributed by atoms with Gasteiger partial charge in [0.2, 0.25) is 5.95 Å². The third-order valence-corrected chi connectivity index (χ3v) is 5.73. The largest absolute Gasteiger partial charge is 0.490 e. The topological polar surface area (TPSA) is 65.2 Å². The first-order valence-electron chi connectivity index (χ1n) is 9.89. The Labute approximate surface area is 168 Å². The van der Waals surface area contributed by atoms with Crippen molar-refractivity contribution in [3.8, 4) is 5.75 Å². The van der Waals surface area contributed by atoms with Gasteiger partial charge in [-0.05, 0) is 30.3 Å². The monoisotopic (exact) mass is 389 g/mol. The number of hydrogen-bond donors (Lipinski definition) is 0. The van der Waals surface area contributed by atoms with Crippen LogP contribution in [-0.4, -0.2) is 38.3 Å². The van der Waals surface area contributed by atoms with E-state index in [4.69, 9.17) is 4.74 Å². The molecule has 0 atom stereocenters. The molecule has 29 heavy (non-hydrogen) atoms. The maximum atomic E-state index is 12.7. The fourth-order valence-electron chi connectivity index (χ4n) is 4.11. The van der Waals surface area contributed by atoms with Crippen molar-refractivity contribution in [1.82, 2.24) is 19.1 Å². The van der Waals surface area contributed by atoms with Gasteiger partial charge < -0.3 is 14.2 Å². The smallest absolute Gasteiger partial charge is 0.264 e. The van der Waals surface area contributed by atoms with Crippen molar-refractivity contribution in [1.29, 1.82) is 0 Å². The van der Waals surface area contributed by atoms with Crippen molar-refractivity contribution in [2.24, 2.45) is 14.1 Å². The number of benzene rings is 1. The van der Waals surface area contributed by atoms with Crippen LogP contribution in [0.25, 0.3) is 21.9 Å². The minimum absolute atomic E-state index is 0.0628. The molecule has 1 aromatic carbocycles. The quantitative estimate of drug-likeness (QED) is 0.539. The van der Waals surface area contributed by atoms with E-state index >= 15 is 0 Å². The molecule has 148 valence electrons. The summed E-state index contributed by atoms with van der Waals surface area (Å²) in [5, 5.41) is 1.69. The predicted octanol–water partition coefficient (Wildman–Crippen LogP) is 2.87. The molecule has 0 bridgehead atoms. The van der Waals surface area contributed by atoms with E-state index in [-0.39, 0.29) is 11.7 Å². The Hall–Kier alpha value is -3.35. The van der Waals surface area contributed by atoms with Gasteiger partial charge in [-0.15, -0.1) is 0 Å². The molecule has 0 unspecified atom stereocenters. The third-order valence-electron chi connectivity index (χ3n) is 5.73. The summed E-state index contributed by atoms with van der Waals surface area (Å²) in [7, 11) is 3.82. The molecule has 1 aliphatic heterocycles. The lowest BCUT2D eigenvalue weighted by Gasteiger charge is -2.33. The van der Waals surface area contributed by atoms with Gasteiger partial charge in [-0.3, -0.25) is 9.36 Å². The maximum Gasteiger partial charge on any atom is 0.264 e. The standard InChI is InChI=1S/C22H23N5O2/c1-25-12-10-16-18(25)6-3-7-19(16)29-15-8-13-27(14-9-15)22-24-20-17(5-4-11-23-20)21(28)26(22)2/h3-7,10-12,15H,8-9,13-14H2,1-2H3. The number of piperidine rings is 1. The molecule has 1 fully saturated rings. The highest BCUT2D eigenvalue weighted by molar-refractivity contribution is 5.86. The molecule has 4 heterocycles. The number of pyridine rings is 1. The summed E-state index contributed by atoms with van der Waals surface area (Å²) in [5.41, 5.74) is 1.61. The first-order valence-corrected chi connectivity index (χ1v) is 9.89. The van der Waals surface area contributed by atoms with E-state index in [0.717, 1.165) is 37.1 Å². The second kappa shape index (κ2) is 6.92. The minimum atomic E-state index is -0.0628. The van der Waals surface area contributed by atoms with Gasteiger partial charge in [0.15, 0.2) is 5.65 Å². The number of ether oxygens (including phenoxy) is 1.